The number of methoxy groups -OCH3 is 2. The molecular weight excluding hydrogens is 424 g/mol. The van der Waals surface area contributed by atoms with Crippen LogP contribution in [-0.2, 0) is 16.0 Å². The monoisotopic (exact) mass is 448 g/mol. The zero-order chi connectivity index (χ0) is 21.3. The SMILES string of the molecule is COCCCN=C(c1ccco1)n1c(=S)nc(-c2ccco2)n(CCCOC)c1=S. The second-order valence-corrected chi connectivity index (χ2v) is 7.07. The van der Waals surface area contributed by atoms with Crippen LogP contribution in [0.25, 0.3) is 11.6 Å². The summed E-state index contributed by atoms with van der Waals surface area (Å²) in [5, 5.41) is 0. The third-order valence-electron chi connectivity index (χ3n) is 4.26. The van der Waals surface area contributed by atoms with Gasteiger partial charge in [-0.05, 0) is 61.5 Å². The average molecular weight is 449 g/mol. The van der Waals surface area contributed by atoms with Crippen LogP contribution in [0.4, 0.5) is 0 Å². The fraction of sp³-hybridized carbons (Fsp3) is 0.400. The summed E-state index contributed by atoms with van der Waals surface area (Å²) in [6.07, 6.45) is 4.68. The maximum Gasteiger partial charge on any atom is 0.209 e. The van der Waals surface area contributed by atoms with Crippen molar-refractivity contribution in [1.82, 2.24) is 14.1 Å². The van der Waals surface area contributed by atoms with Crippen molar-refractivity contribution in [2.45, 2.75) is 19.4 Å². The lowest BCUT2D eigenvalue weighted by atomic mass is 10.3. The molecule has 3 aromatic rings. The molecule has 0 aliphatic rings. The molecule has 0 spiro atoms. The molecule has 0 bridgehead atoms. The molecule has 0 saturated carbocycles. The number of nitrogens with zero attached hydrogens (tertiary/aromatic N) is 4. The van der Waals surface area contributed by atoms with Gasteiger partial charge < -0.3 is 18.3 Å². The summed E-state index contributed by atoms with van der Waals surface area (Å²) in [6.45, 7) is 2.31. The van der Waals surface area contributed by atoms with Gasteiger partial charge in [0.15, 0.2) is 28.0 Å². The highest BCUT2D eigenvalue weighted by Crippen LogP contribution is 2.20. The van der Waals surface area contributed by atoms with Crippen molar-refractivity contribution in [3.63, 3.8) is 0 Å². The van der Waals surface area contributed by atoms with Crippen LogP contribution in [0.15, 0.2) is 50.6 Å². The first kappa shape index (κ1) is 22.3. The van der Waals surface area contributed by atoms with Gasteiger partial charge in [-0.2, -0.15) is 4.98 Å². The molecule has 0 aromatic carbocycles. The molecule has 10 heteroatoms. The molecule has 0 saturated heterocycles. The Kier molecular flexibility index (Phi) is 8.26. The number of furan rings is 2. The Bertz CT molecular complexity index is 1070. The highest BCUT2D eigenvalue weighted by Gasteiger charge is 2.18. The van der Waals surface area contributed by atoms with E-state index in [0.29, 0.717) is 54.3 Å². The lowest BCUT2D eigenvalue weighted by Gasteiger charge is -2.16. The normalized spacial score (nSPS) is 11.9. The van der Waals surface area contributed by atoms with Crippen molar-refractivity contribution >= 4 is 30.3 Å². The molecule has 0 N–H and O–H groups in total. The van der Waals surface area contributed by atoms with Crippen molar-refractivity contribution in [3.05, 3.63) is 52.1 Å². The Labute approximate surface area is 184 Å². The Morgan fingerprint density at radius 3 is 2.47 bits per heavy atom. The van der Waals surface area contributed by atoms with Gasteiger partial charge in [0.05, 0.1) is 12.5 Å². The van der Waals surface area contributed by atoms with Crippen LogP contribution >= 0.6 is 24.4 Å². The Morgan fingerprint density at radius 1 is 1.07 bits per heavy atom. The first-order valence-corrected chi connectivity index (χ1v) is 10.3. The Balaban J connectivity index is 2.13. The molecule has 0 aliphatic carbocycles. The molecule has 160 valence electrons. The third-order valence-corrected chi connectivity index (χ3v) is 4.94. The van der Waals surface area contributed by atoms with E-state index >= 15 is 0 Å². The van der Waals surface area contributed by atoms with Crippen molar-refractivity contribution in [2.24, 2.45) is 4.99 Å². The predicted molar refractivity (Wildman–Crippen MR) is 118 cm³/mol. The lowest BCUT2D eigenvalue weighted by Crippen LogP contribution is -2.23. The minimum absolute atomic E-state index is 0.274. The van der Waals surface area contributed by atoms with E-state index in [1.807, 2.05) is 16.7 Å². The van der Waals surface area contributed by atoms with Gasteiger partial charge in [-0.15, -0.1) is 0 Å². The van der Waals surface area contributed by atoms with E-state index < -0.39 is 0 Å². The molecule has 3 aromatic heterocycles. The van der Waals surface area contributed by atoms with Crippen LogP contribution in [-0.4, -0.2) is 53.9 Å². The highest BCUT2D eigenvalue weighted by atomic mass is 32.1. The maximum atomic E-state index is 5.83. The molecule has 0 fully saturated rings. The number of hydrogen-bond acceptors (Lipinski definition) is 8. The van der Waals surface area contributed by atoms with Crippen molar-refractivity contribution < 1.29 is 18.3 Å². The fourth-order valence-electron chi connectivity index (χ4n) is 2.90. The van der Waals surface area contributed by atoms with E-state index in [1.165, 1.54) is 0 Å². The van der Waals surface area contributed by atoms with Gasteiger partial charge in [-0.1, -0.05) is 0 Å². The molecule has 0 atom stereocenters. The average Bonchev–Trinajstić information content (AvgIpc) is 3.45. The summed E-state index contributed by atoms with van der Waals surface area (Å²) in [4.78, 5) is 9.32. The first-order valence-electron chi connectivity index (χ1n) is 9.51. The minimum Gasteiger partial charge on any atom is -0.461 e. The zero-order valence-corrected chi connectivity index (χ0v) is 18.6. The highest BCUT2D eigenvalue weighted by molar-refractivity contribution is 7.72. The summed E-state index contributed by atoms with van der Waals surface area (Å²) >= 11 is 11.4. The van der Waals surface area contributed by atoms with Crippen LogP contribution in [0.2, 0.25) is 0 Å². The van der Waals surface area contributed by atoms with E-state index in [2.05, 4.69) is 4.98 Å². The van der Waals surface area contributed by atoms with Crippen LogP contribution < -0.4 is 0 Å². The second-order valence-electron chi connectivity index (χ2n) is 6.34. The summed E-state index contributed by atoms with van der Waals surface area (Å²) in [5.41, 5.74) is 0. The summed E-state index contributed by atoms with van der Waals surface area (Å²) < 4.78 is 25.8. The molecule has 0 amide bonds. The topological polar surface area (TPSA) is 79.9 Å². The minimum atomic E-state index is 0.274. The standard InChI is InChI=1S/C20H24N4O4S2/c1-25-11-5-9-21-17(15-7-3-13-27-15)24-19(29)22-18(16-8-4-14-28-16)23(20(24)30)10-6-12-26-2/h3-4,7-8,13-14H,5-6,9-12H2,1-2H3. The maximum absolute atomic E-state index is 5.83. The smallest absolute Gasteiger partial charge is 0.209 e. The van der Waals surface area contributed by atoms with Crippen molar-refractivity contribution in [1.29, 1.82) is 0 Å². The molecule has 0 radical (unpaired) electrons. The molecule has 30 heavy (non-hydrogen) atoms. The van der Waals surface area contributed by atoms with E-state index in [1.54, 1.807) is 43.4 Å². The summed E-state index contributed by atoms with van der Waals surface area (Å²) in [7, 11) is 3.33. The van der Waals surface area contributed by atoms with Crippen LogP contribution in [0.3, 0.4) is 0 Å². The van der Waals surface area contributed by atoms with Crippen LogP contribution in [0.1, 0.15) is 18.6 Å². The van der Waals surface area contributed by atoms with Gasteiger partial charge in [-0.25, -0.2) is 4.57 Å². The molecule has 8 nitrogen and oxygen atoms in total. The van der Waals surface area contributed by atoms with Gasteiger partial charge in [-0.3, -0.25) is 9.56 Å². The van der Waals surface area contributed by atoms with Gasteiger partial charge in [0.25, 0.3) is 0 Å². The second kappa shape index (κ2) is 11.1. The van der Waals surface area contributed by atoms with Crippen LogP contribution in [0.5, 0.6) is 0 Å². The third kappa shape index (κ3) is 5.20. The largest absolute Gasteiger partial charge is 0.461 e. The predicted octanol–water partition coefficient (Wildman–Crippen LogP) is 4.36. The van der Waals surface area contributed by atoms with Gasteiger partial charge in [0.2, 0.25) is 4.77 Å². The van der Waals surface area contributed by atoms with Crippen molar-refractivity contribution in [3.8, 4) is 11.6 Å². The number of aliphatic imine (C=N–C) groups is 1. The lowest BCUT2D eigenvalue weighted by molar-refractivity contribution is 0.190. The van der Waals surface area contributed by atoms with E-state index in [4.69, 9.17) is 47.7 Å². The zero-order valence-electron chi connectivity index (χ0n) is 16.9. The summed E-state index contributed by atoms with van der Waals surface area (Å²) in [5.74, 6) is 2.24. The molecule has 3 heterocycles. The van der Waals surface area contributed by atoms with Crippen LogP contribution in [0, 0.1) is 9.54 Å². The molecule has 0 unspecified atom stereocenters. The molecule has 0 aliphatic heterocycles. The van der Waals surface area contributed by atoms with Gasteiger partial charge >= 0.3 is 0 Å². The van der Waals surface area contributed by atoms with E-state index in [9.17, 15) is 0 Å². The quantitative estimate of drug-likeness (QED) is 0.197. The Morgan fingerprint density at radius 2 is 1.80 bits per heavy atom. The van der Waals surface area contributed by atoms with E-state index in [-0.39, 0.29) is 4.77 Å². The Hall–Kier alpha value is -2.40. The summed E-state index contributed by atoms with van der Waals surface area (Å²) in [6, 6.07) is 7.25. The van der Waals surface area contributed by atoms with Gasteiger partial charge in [0.1, 0.15) is 0 Å². The first-order chi connectivity index (χ1) is 14.7. The number of aromatic nitrogens is 3. The molecule has 3 rings (SSSR count). The number of hydrogen-bond donors (Lipinski definition) is 0. The van der Waals surface area contributed by atoms with Crippen molar-refractivity contribution in [2.75, 3.05) is 34.0 Å². The van der Waals surface area contributed by atoms with E-state index in [0.717, 1.165) is 12.8 Å². The number of rotatable bonds is 10. The fourth-order valence-corrected chi connectivity index (χ4v) is 3.56. The number of ether oxygens (including phenoxy) is 2. The molecular formula is C20H24N4O4S2. The van der Waals surface area contributed by atoms with Gasteiger partial charge in [0, 0.05) is 40.5 Å².